The van der Waals surface area contributed by atoms with Crippen LogP contribution in [0.5, 0.6) is 0 Å². The summed E-state index contributed by atoms with van der Waals surface area (Å²) >= 11 is 0. The first-order chi connectivity index (χ1) is 10.3. The lowest BCUT2D eigenvalue weighted by molar-refractivity contribution is 0.0764. The third kappa shape index (κ3) is 3.95. The quantitative estimate of drug-likeness (QED) is 0.920. The number of urea groups is 1. The molecule has 5 nitrogen and oxygen atoms in total. The molecule has 2 saturated heterocycles. The van der Waals surface area contributed by atoms with E-state index < -0.39 is 0 Å². The fraction of sp³-hybridized carbons (Fsp3) is 0.562. The van der Waals surface area contributed by atoms with Crippen LogP contribution in [0.2, 0.25) is 0 Å². The highest BCUT2D eigenvalue weighted by molar-refractivity contribution is 5.74. The van der Waals surface area contributed by atoms with Crippen molar-refractivity contribution in [3.63, 3.8) is 0 Å². The number of piperazine rings is 1. The lowest BCUT2D eigenvalue weighted by atomic mass is 10.2. The van der Waals surface area contributed by atoms with Crippen LogP contribution in [-0.4, -0.2) is 54.8 Å². The Hall–Kier alpha value is -1.59. The number of rotatable bonds is 3. The first-order valence-electron chi connectivity index (χ1n) is 7.74. The standard InChI is InChI=1S/C16H23N3O2/c20-16(17-15-7-4-12-21-15)19-10-8-18(9-11-19)13-14-5-2-1-3-6-14/h1-3,5-6,15H,4,7-13H2,(H,17,20). The molecule has 5 heteroatoms. The normalized spacial score (nSPS) is 23.2. The number of hydrogen-bond donors (Lipinski definition) is 1. The molecule has 2 heterocycles. The lowest BCUT2D eigenvalue weighted by Crippen LogP contribution is -2.53. The van der Waals surface area contributed by atoms with E-state index in [9.17, 15) is 4.79 Å². The summed E-state index contributed by atoms with van der Waals surface area (Å²) in [6.07, 6.45) is 1.88. The van der Waals surface area contributed by atoms with Gasteiger partial charge in [0.25, 0.3) is 0 Å². The minimum absolute atomic E-state index is 0.0151. The summed E-state index contributed by atoms with van der Waals surface area (Å²) in [5, 5.41) is 2.96. The second kappa shape index (κ2) is 6.91. The Labute approximate surface area is 125 Å². The van der Waals surface area contributed by atoms with Crippen LogP contribution < -0.4 is 5.32 Å². The Bertz CT molecular complexity index is 452. The van der Waals surface area contributed by atoms with Crippen molar-refractivity contribution in [1.29, 1.82) is 0 Å². The number of benzene rings is 1. The third-order valence-electron chi connectivity index (χ3n) is 4.12. The van der Waals surface area contributed by atoms with Crippen molar-refractivity contribution >= 4 is 6.03 Å². The van der Waals surface area contributed by atoms with E-state index in [1.165, 1.54) is 5.56 Å². The second-order valence-corrected chi connectivity index (χ2v) is 5.70. The fourth-order valence-corrected chi connectivity index (χ4v) is 2.87. The van der Waals surface area contributed by atoms with Crippen LogP contribution in [0.1, 0.15) is 18.4 Å². The first-order valence-corrected chi connectivity index (χ1v) is 7.74. The highest BCUT2D eigenvalue weighted by Crippen LogP contribution is 2.11. The Balaban J connectivity index is 1.43. The number of amides is 2. The largest absolute Gasteiger partial charge is 0.358 e. The van der Waals surface area contributed by atoms with Crippen LogP contribution in [0.4, 0.5) is 4.79 Å². The second-order valence-electron chi connectivity index (χ2n) is 5.70. The molecule has 114 valence electrons. The van der Waals surface area contributed by atoms with Crippen molar-refractivity contribution in [2.75, 3.05) is 32.8 Å². The minimum atomic E-state index is -0.0835. The highest BCUT2D eigenvalue weighted by Gasteiger charge is 2.24. The minimum Gasteiger partial charge on any atom is -0.358 e. The molecule has 2 aliphatic rings. The van der Waals surface area contributed by atoms with Crippen LogP contribution in [-0.2, 0) is 11.3 Å². The van der Waals surface area contributed by atoms with Crippen molar-refractivity contribution < 1.29 is 9.53 Å². The van der Waals surface area contributed by atoms with Gasteiger partial charge in [-0.05, 0) is 18.4 Å². The topological polar surface area (TPSA) is 44.8 Å². The zero-order chi connectivity index (χ0) is 14.5. The molecule has 1 N–H and O–H groups in total. The Morgan fingerprint density at radius 1 is 1.19 bits per heavy atom. The molecule has 0 radical (unpaired) electrons. The van der Waals surface area contributed by atoms with E-state index in [1.807, 2.05) is 11.0 Å². The first kappa shape index (κ1) is 14.4. The number of nitrogens with zero attached hydrogens (tertiary/aromatic N) is 2. The van der Waals surface area contributed by atoms with E-state index in [0.717, 1.165) is 52.2 Å². The molecule has 1 atom stereocenters. The predicted molar refractivity (Wildman–Crippen MR) is 80.8 cm³/mol. The average molecular weight is 289 g/mol. The maximum atomic E-state index is 12.1. The molecule has 3 rings (SSSR count). The van der Waals surface area contributed by atoms with Gasteiger partial charge in [-0.2, -0.15) is 0 Å². The summed E-state index contributed by atoms with van der Waals surface area (Å²) in [5.41, 5.74) is 1.33. The van der Waals surface area contributed by atoms with Crippen molar-refractivity contribution in [2.24, 2.45) is 0 Å². The van der Waals surface area contributed by atoms with E-state index in [4.69, 9.17) is 4.74 Å². The van der Waals surface area contributed by atoms with E-state index in [-0.39, 0.29) is 12.3 Å². The summed E-state index contributed by atoms with van der Waals surface area (Å²) < 4.78 is 5.45. The smallest absolute Gasteiger partial charge is 0.319 e. The van der Waals surface area contributed by atoms with E-state index in [0.29, 0.717) is 0 Å². The van der Waals surface area contributed by atoms with Crippen LogP contribution in [0.3, 0.4) is 0 Å². The van der Waals surface area contributed by atoms with Gasteiger partial charge in [-0.3, -0.25) is 4.90 Å². The molecule has 2 fully saturated rings. The number of carbonyl (C=O) groups is 1. The maximum absolute atomic E-state index is 12.1. The lowest BCUT2D eigenvalue weighted by Gasteiger charge is -2.35. The van der Waals surface area contributed by atoms with Gasteiger partial charge in [0, 0.05) is 39.3 Å². The van der Waals surface area contributed by atoms with Crippen molar-refractivity contribution in [2.45, 2.75) is 25.6 Å². The van der Waals surface area contributed by atoms with Crippen molar-refractivity contribution in [1.82, 2.24) is 15.1 Å². The Morgan fingerprint density at radius 2 is 1.95 bits per heavy atom. The third-order valence-corrected chi connectivity index (χ3v) is 4.12. The molecule has 1 unspecified atom stereocenters. The Morgan fingerprint density at radius 3 is 2.62 bits per heavy atom. The Kier molecular flexibility index (Phi) is 4.72. The number of carbonyl (C=O) groups excluding carboxylic acids is 1. The van der Waals surface area contributed by atoms with Crippen molar-refractivity contribution in [3.8, 4) is 0 Å². The maximum Gasteiger partial charge on any atom is 0.319 e. The van der Waals surface area contributed by atoms with Gasteiger partial charge in [0.05, 0.1) is 0 Å². The molecular weight excluding hydrogens is 266 g/mol. The molecule has 2 aliphatic heterocycles. The highest BCUT2D eigenvalue weighted by atomic mass is 16.5. The van der Waals surface area contributed by atoms with Crippen LogP contribution in [0.15, 0.2) is 30.3 Å². The molecule has 0 saturated carbocycles. The van der Waals surface area contributed by atoms with E-state index in [2.05, 4.69) is 34.5 Å². The van der Waals surface area contributed by atoms with Gasteiger partial charge in [-0.1, -0.05) is 30.3 Å². The van der Waals surface area contributed by atoms with Gasteiger partial charge in [-0.15, -0.1) is 0 Å². The van der Waals surface area contributed by atoms with Crippen LogP contribution in [0, 0.1) is 0 Å². The number of hydrogen-bond acceptors (Lipinski definition) is 3. The molecule has 0 bridgehead atoms. The number of ether oxygens (including phenoxy) is 1. The molecular formula is C16H23N3O2. The van der Waals surface area contributed by atoms with Gasteiger partial charge in [0.15, 0.2) is 0 Å². The van der Waals surface area contributed by atoms with Gasteiger partial charge in [0.1, 0.15) is 6.23 Å². The molecule has 0 spiro atoms. The summed E-state index contributed by atoms with van der Waals surface area (Å²) in [4.78, 5) is 16.4. The molecule has 0 aliphatic carbocycles. The average Bonchev–Trinajstić information content (AvgIpc) is 3.02. The monoisotopic (exact) mass is 289 g/mol. The zero-order valence-corrected chi connectivity index (χ0v) is 12.3. The fourth-order valence-electron chi connectivity index (χ4n) is 2.87. The van der Waals surface area contributed by atoms with Crippen molar-refractivity contribution in [3.05, 3.63) is 35.9 Å². The summed E-state index contributed by atoms with van der Waals surface area (Å²) in [6, 6.07) is 10.5. The summed E-state index contributed by atoms with van der Waals surface area (Å²) in [6.45, 7) is 5.14. The van der Waals surface area contributed by atoms with Gasteiger partial charge < -0.3 is 15.0 Å². The van der Waals surface area contributed by atoms with Crippen LogP contribution >= 0.6 is 0 Å². The molecule has 1 aromatic rings. The van der Waals surface area contributed by atoms with Gasteiger partial charge >= 0.3 is 6.03 Å². The summed E-state index contributed by atoms with van der Waals surface area (Å²) in [5.74, 6) is 0. The molecule has 2 amide bonds. The predicted octanol–water partition coefficient (Wildman–Crippen LogP) is 1.65. The van der Waals surface area contributed by atoms with Gasteiger partial charge in [-0.25, -0.2) is 4.79 Å². The van der Waals surface area contributed by atoms with Crippen LogP contribution in [0.25, 0.3) is 0 Å². The SMILES string of the molecule is O=C(NC1CCCO1)N1CCN(Cc2ccccc2)CC1. The zero-order valence-electron chi connectivity index (χ0n) is 12.3. The summed E-state index contributed by atoms with van der Waals surface area (Å²) in [7, 11) is 0. The van der Waals surface area contributed by atoms with E-state index in [1.54, 1.807) is 0 Å². The molecule has 21 heavy (non-hydrogen) atoms. The van der Waals surface area contributed by atoms with E-state index >= 15 is 0 Å². The van der Waals surface area contributed by atoms with Gasteiger partial charge in [0.2, 0.25) is 0 Å². The molecule has 0 aromatic heterocycles. The molecule has 1 aromatic carbocycles. The number of nitrogens with one attached hydrogen (secondary N) is 1.